The van der Waals surface area contributed by atoms with Gasteiger partial charge in [0.1, 0.15) is 12.2 Å². The minimum atomic E-state index is 0.348. The second kappa shape index (κ2) is 11.0. The van der Waals surface area contributed by atoms with Crippen LogP contribution in [0.15, 0.2) is 41.7 Å². The van der Waals surface area contributed by atoms with Gasteiger partial charge in [-0.05, 0) is 32.3 Å². The SMILES string of the molecule is CCc1nncn1CCN=C(NC(C)C)NC1CCN(Cc2ccccc2)CC1. The Morgan fingerprint density at radius 2 is 1.97 bits per heavy atom. The molecule has 0 atom stereocenters. The summed E-state index contributed by atoms with van der Waals surface area (Å²) >= 11 is 0. The van der Waals surface area contributed by atoms with E-state index in [1.54, 1.807) is 6.33 Å². The fourth-order valence-electron chi connectivity index (χ4n) is 3.69. The molecule has 0 aliphatic carbocycles. The van der Waals surface area contributed by atoms with Gasteiger partial charge in [-0.2, -0.15) is 0 Å². The predicted molar refractivity (Wildman–Crippen MR) is 118 cm³/mol. The van der Waals surface area contributed by atoms with Crippen LogP contribution in [0, 0.1) is 0 Å². The average molecular weight is 398 g/mol. The number of nitrogens with zero attached hydrogens (tertiary/aromatic N) is 5. The summed E-state index contributed by atoms with van der Waals surface area (Å²) in [6, 6.07) is 11.5. The summed E-state index contributed by atoms with van der Waals surface area (Å²) in [5.74, 6) is 1.92. The van der Waals surface area contributed by atoms with Gasteiger partial charge in [-0.3, -0.25) is 9.89 Å². The fraction of sp³-hybridized carbons (Fsp3) is 0.591. The summed E-state index contributed by atoms with van der Waals surface area (Å²) < 4.78 is 2.08. The molecule has 1 aromatic carbocycles. The van der Waals surface area contributed by atoms with Gasteiger partial charge in [0.2, 0.25) is 0 Å². The number of benzene rings is 1. The van der Waals surface area contributed by atoms with Crippen LogP contribution in [-0.2, 0) is 19.5 Å². The Kier molecular flexibility index (Phi) is 8.04. The Bertz CT molecular complexity index is 746. The zero-order valence-corrected chi connectivity index (χ0v) is 18.0. The van der Waals surface area contributed by atoms with Gasteiger partial charge in [0.05, 0.1) is 6.54 Å². The van der Waals surface area contributed by atoms with Crippen LogP contribution in [0.1, 0.15) is 45.0 Å². The molecule has 0 unspecified atom stereocenters. The number of likely N-dealkylation sites (tertiary alicyclic amines) is 1. The molecule has 0 saturated carbocycles. The fourth-order valence-corrected chi connectivity index (χ4v) is 3.69. The normalized spacial score (nSPS) is 16.3. The van der Waals surface area contributed by atoms with Crippen molar-refractivity contribution in [3.63, 3.8) is 0 Å². The van der Waals surface area contributed by atoms with E-state index in [2.05, 4.69) is 81.4 Å². The largest absolute Gasteiger partial charge is 0.354 e. The van der Waals surface area contributed by atoms with Crippen LogP contribution >= 0.6 is 0 Å². The summed E-state index contributed by atoms with van der Waals surface area (Å²) in [4.78, 5) is 7.34. The van der Waals surface area contributed by atoms with E-state index in [1.165, 1.54) is 5.56 Å². The molecule has 0 spiro atoms. The van der Waals surface area contributed by atoms with E-state index >= 15 is 0 Å². The number of nitrogens with one attached hydrogen (secondary N) is 2. The maximum atomic E-state index is 4.80. The minimum absolute atomic E-state index is 0.348. The van der Waals surface area contributed by atoms with Crippen molar-refractivity contribution < 1.29 is 0 Å². The molecule has 1 saturated heterocycles. The van der Waals surface area contributed by atoms with Crippen LogP contribution in [-0.4, -0.2) is 57.3 Å². The summed E-state index contributed by atoms with van der Waals surface area (Å²) in [6.45, 7) is 11.2. The lowest BCUT2D eigenvalue weighted by Crippen LogP contribution is -2.50. The second-order valence-corrected chi connectivity index (χ2v) is 8.00. The van der Waals surface area contributed by atoms with Gasteiger partial charge in [0.15, 0.2) is 5.96 Å². The monoisotopic (exact) mass is 397 g/mol. The molecule has 1 fully saturated rings. The molecule has 2 heterocycles. The van der Waals surface area contributed by atoms with Crippen molar-refractivity contribution in [3.8, 4) is 0 Å². The third-order valence-corrected chi connectivity index (χ3v) is 5.23. The number of guanidine groups is 1. The van der Waals surface area contributed by atoms with Crippen molar-refractivity contribution in [3.05, 3.63) is 48.0 Å². The third kappa shape index (κ3) is 6.85. The van der Waals surface area contributed by atoms with Crippen LogP contribution in [0.25, 0.3) is 0 Å². The topological polar surface area (TPSA) is 70.4 Å². The van der Waals surface area contributed by atoms with Gasteiger partial charge in [0, 0.05) is 44.7 Å². The van der Waals surface area contributed by atoms with Crippen LogP contribution < -0.4 is 10.6 Å². The van der Waals surface area contributed by atoms with Gasteiger partial charge in [-0.1, -0.05) is 37.3 Å². The first-order valence-electron chi connectivity index (χ1n) is 10.8. The van der Waals surface area contributed by atoms with E-state index in [-0.39, 0.29) is 0 Å². The predicted octanol–water partition coefficient (Wildman–Crippen LogP) is 2.45. The molecule has 29 heavy (non-hydrogen) atoms. The van der Waals surface area contributed by atoms with Crippen LogP contribution in [0.3, 0.4) is 0 Å². The Morgan fingerprint density at radius 1 is 1.21 bits per heavy atom. The number of aliphatic imine (C=N–C) groups is 1. The molecule has 7 nitrogen and oxygen atoms in total. The van der Waals surface area contributed by atoms with Crippen LogP contribution in [0.4, 0.5) is 0 Å². The summed E-state index contributed by atoms with van der Waals surface area (Å²) in [7, 11) is 0. The molecule has 0 bridgehead atoms. The van der Waals surface area contributed by atoms with Crippen LogP contribution in [0.2, 0.25) is 0 Å². The maximum Gasteiger partial charge on any atom is 0.191 e. The highest BCUT2D eigenvalue weighted by molar-refractivity contribution is 5.80. The zero-order valence-electron chi connectivity index (χ0n) is 18.0. The van der Waals surface area contributed by atoms with Gasteiger partial charge in [-0.15, -0.1) is 10.2 Å². The summed E-state index contributed by atoms with van der Waals surface area (Å²) in [5.41, 5.74) is 1.39. The highest BCUT2D eigenvalue weighted by atomic mass is 15.3. The van der Waals surface area contributed by atoms with Gasteiger partial charge in [0.25, 0.3) is 0 Å². The van der Waals surface area contributed by atoms with E-state index in [4.69, 9.17) is 4.99 Å². The molecule has 2 aromatic rings. The maximum absolute atomic E-state index is 4.80. The number of piperidine rings is 1. The lowest BCUT2D eigenvalue weighted by atomic mass is 10.0. The highest BCUT2D eigenvalue weighted by Gasteiger charge is 2.20. The molecular weight excluding hydrogens is 362 g/mol. The first-order chi connectivity index (χ1) is 14.1. The molecular formula is C22H35N7. The molecule has 1 aliphatic heterocycles. The first-order valence-corrected chi connectivity index (χ1v) is 10.8. The quantitative estimate of drug-likeness (QED) is 0.529. The molecule has 2 N–H and O–H groups in total. The Labute approximate surface area is 174 Å². The van der Waals surface area contributed by atoms with Crippen molar-refractivity contribution in [1.29, 1.82) is 0 Å². The van der Waals surface area contributed by atoms with Gasteiger partial charge < -0.3 is 15.2 Å². The summed E-state index contributed by atoms with van der Waals surface area (Å²) in [6.07, 6.45) is 4.95. The number of aryl methyl sites for hydroxylation is 1. The van der Waals surface area contributed by atoms with Crippen molar-refractivity contribution >= 4 is 5.96 Å². The Morgan fingerprint density at radius 3 is 2.66 bits per heavy atom. The molecule has 158 valence electrons. The summed E-state index contributed by atoms with van der Waals surface area (Å²) in [5, 5.41) is 15.3. The van der Waals surface area contributed by atoms with Crippen molar-refractivity contribution in [2.75, 3.05) is 19.6 Å². The lowest BCUT2D eigenvalue weighted by Gasteiger charge is -2.33. The van der Waals surface area contributed by atoms with Crippen molar-refractivity contribution in [1.82, 2.24) is 30.3 Å². The Hall–Kier alpha value is -2.41. The van der Waals surface area contributed by atoms with E-state index in [0.717, 1.165) is 57.2 Å². The van der Waals surface area contributed by atoms with E-state index in [9.17, 15) is 0 Å². The van der Waals surface area contributed by atoms with Crippen molar-refractivity contribution in [2.45, 2.75) is 65.2 Å². The number of rotatable bonds is 8. The smallest absolute Gasteiger partial charge is 0.191 e. The third-order valence-electron chi connectivity index (χ3n) is 5.23. The zero-order chi connectivity index (χ0) is 20.5. The number of hydrogen-bond donors (Lipinski definition) is 2. The standard InChI is InChI=1S/C22H35N7/c1-4-21-27-24-17-29(21)15-12-23-22(25-18(2)3)26-20-10-13-28(14-11-20)16-19-8-6-5-7-9-19/h5-9,17-18,20H,4,10-16H2,1-3H3,(H2,23,25,26). The number of aromatic nitrogens is 3. The Balaban J connectivity index is 1.48. The van der Waals surface area contributed by atoms with E-state index in [0.29, 0.717) is 18.6 Å². The highest BCUT2D eigenvalue weighted by Crippen LogP contribution is 2.13. The molecule has 0 amide bonds. The van der Waals surface area contributed by atoms with E-state index < -0.39 is 0 Å². The second-order valence-electron chi connectivity index (χ2n) is 8.00. The van der Waals surface area contributed by atoms with Crippen molar-refractivity contribution in [2.24, 2.45) is 4.99 Å². The number of hydrogen-bond acceptors (Lipinski definition) is 4. The minimum Gasteiger partial charge on any atom is -0.354 e. The first kappa shape index (κ1) is 21.3. The molecule has 3 rings (SSSR count). The lowest BCUT2D eigenvalue weighted by molar-refractivity contribution is 0.198. The van der Waals surface area contributed by atoms with Gasteiger partial charge in [-0.25, -0.2) is 0 Å². The molecule has 0 radical (unpaired) electrons. The van der Waals surface area contributed by atoms with Crippen LogP contribution in [0.5, 0.6) is 0 Å². The van der Waals surface area contributed by atoms with E-state index in [1.807, 2.05) is 0 Å². The van der Waals surface area contributed by atoms with Gasteiger partial charge >= 0.3 is 0 Å². The molecule has 1 aromatic heterocycles. The molecule has 7 heteroatoms. The molecule has 1 aliphatic rings. The average Bonchev–Trinajstić information content (AvgIpc) is 3.17.